The molecule has 150 valence electrons. The molecule has 3 rings (SSSR count). The molecular formula is C20H20FN5O3. The maximum absolute atomic E-state index is 13.3. The van der Waals surface area contributed by atoms with E-state index in [1.807, 2.05) is 19.9 Å². The van der Waals surface area contributed by atoms with Crippen LogP contribution >= 0.6 is 0 Å². The van der Waals surface area contributed by atoms with E-state index in [9.17, 15) is 14.0 Å². The number of carbonyl (C=O) groups is 2. The van der Waals surface area contributed by atoms with Crippen molar-refractivity contribution in [3.05, 3.63) is 64.4 Å². The Hall–Kier alpha value is -3.62. The highest BCUT2D eigenvalue weighted by molar-refractivity contribution is 5.95. The largest absolute Gasteiger partial charge is 0.452 e. The van der Waals surface area contributed by atoms with Gasteiger partial charge in [0.05, 0.1) is 11.3 Å². The Morgan fingerprint density at radius 2 is 1.72 bits per heavy atom. The van der Waals surface area contributed by atoms with Gasteiger partial charge in [-0.1, -0.05) is 6.07 Å². The molecule has 0 saturated heterocycles. The predicted molar refractivity (Wildman–Crippen MR) is 103 cm³/mol. The van der Waals surface area contributed by atoms with Crippen LogP contribution in [0.3, 0.4) is 0 Å². The van der Waals surface area contributed by atoms with E-state index in [-0.39, 0.29) is 5.56 Å². The molecule has 0 bridgehead atoms. The van der Waals surface area contributed by atoms with E-state index in [0.29, 0.717) is 23.0 Å². The van der Waals surface area contributed by atoms with Crippen molar-refractivity contribution < 1.29 is 18.7 Å². The fourth-order valence-electron chi connectivity index (χ4n) is 2.74. The first kappa shape index (κ1) is 20.1. The van der Waals surface area contributed by atoms with Gasteiger partial charge in [-0.05, 0) is 51.5 Å². The van der Waals surface area contributed by atoms with Crippen LogP contribution in [-0.2, 0) is 9.53 Å². The summed E-state index contributed by atoms with van der Waals surface area (Å²) in [5, 5.41) is 6.94. The SMILES string of the molecule is Cc1cc(C)nc(-n2nc(C)cc2NC(=O)COC(=O)c2cc(F)ccc2C)n1. The smallest absolute Gasteiger partial charge is 0.339 e. The lowest BCUT2D eigenvalue weighted by Crippen LogP contribution is -2.23. The summed E-state index contributed by atoms with van der Waals surface area (Å²) in [5.74, 6) is -1.24. The fourth-order valence-corrected chi connectivity index (χ4v) is 2.74. The number of benzene rings is 1. The van der Waals surface area contributed by atoms with Gasteiger partial charge in [0.1, 0.15) is 11.6 Å². The molecular weight excluding hydrogens is 377 g/mol. The number of esters is 1. The number of halogens is 1. The Morgan fingerprint density at radius 1 is 1.03 bits per heavy atom. The summed E-state index contributed by atoms with van der Waals surface area (Å²) in [6.45, 7) is 6.55. The van der Waals surface area contributed by atoms with Crippen LogP contribution in [-0.4, -0.2) is 38.2 Å². The number of ether oxygens (including phenoxy) is 1. The predicted octanol–water partition coefficient (Wildman–Crippen LogP) is 2.83. The van der Waals surface area contributed by atoms with Gasteiger partial charge in [-0.3, -0.25) is 4.79 Å². The topological polar surface area (TPSA) is 99.0 Å². The molecule has 2 heterocycles. The van der Waals surface area contributed by atoms with Crippen molar-refractivity contribution >= 4 is 17.7 Å². The molecule has 2 aromatic heterocycles. The van der Waals surface area contributed by atoms with Crippen molar-refractivity contribution in [2.75, 3.05) is 11.9 Å². The van der Waals surface area contributed by atoms with Crippen LogP contribution in [0.4, 0.5) is 10.2 Å². The minimum absolute atomic E-state index is 0.0716. The summed E-state index contributed by atoms with van der Waals surface area (Å²) in [6, 6.07) is 7.27. The number of hydrogen-bond donors (Lipinski definition) is 1. The third kappa shape index (κ3) is 4.81. The Labute approximate surface area is 166 Å². The Kier molecular flexibility index (Phi) is 5.67. The highest BCUT2D eigenvalue weighted by atomic mass is 19.1. The third-order valence-corrected chi connectivity index (χ3v) is 4.01. The zero-order valence-corrected chi connectivity index (χ0v) is 16.5. The van der Waals surface area contributed by atoms with Crippen LogP contribution in [0, 0.1) is 33.5 Å². The molecule has 8 nitrogen and oxygen atoms in total. The van der Waals surface area contributed by atoms with Gasteiger partial charge in [-0.15, -0.1) is 0 Å². The van der Waals surface area contributed by atoms with Gasteiger partial charge < -0.3 is 10.1 Å². The van der Waals surface area contributed by atoms with Gasteiger partial charge >= 0.3 is 5.97 Å². The molecule has 0 atom stereocenters. The molecule has 0 spiro atoms. The van der Waals surface area contributed by atoms with Crippen LogP contribution in [0.15, 0.2) is 30.3 Å². The summed E-state index contributed by atoms with van der Waals surface area (Å²) in [5.41, 5.74) is 2.80. The molecule has 3 aromatic rings. The lowest BCUT2D eigenvalue weighted by molar-refractivity contribution is -0.119. The second kappa shape index (κ2) is 8.17. The van der Waals surface area contributed by atoms with Gasteiger partial charge in [0.2, 0.25) is 0 Å². The van der Waals surface area contributed by atoms with Gasteiger partial charge in [-0.2, -0.15) is 9.78 Å². The molecule has 1 amide bonds. The minimum atomic E-state index is -0.778. The number of rotatable bonds is 5. The number of amides is 1. The third-order valence-electron chi connectivity index (χ3n) is 4.01. The number of aryl methyl sites for hydroxylation is 4. The van der Waals surface area contributed by atoms with Crippen LogP contribution in [0.5, 0.6) is 0 Å². The van der Waals surface area contributed by atoms with Gasteiger partial charge in [-0.25, -0.2) is 19.2 Å². The number of nitrogens with zero attached hydrogens (tertiary/aromatic N) is 4. The van der Waals surface area contributed by atoms with Gasteiger partial charge in [0.25, 0.3) is 11.9 Å². The van der Waals surface area contributed by atoms with Crippen LogP contribution in [0.25, 0.3) is 5.95 Å². The van der Waals surface area contributed by atoms with E-state index in [4.69, 9.17) is 4.74 Å². The monoisotopic (exact) mass is 397 g/mol. The summed E-state index contributed by atoms with van der Waals surface area (Å²) >= 11 is 0. The second-order valence-corrected chi connectivity index (χ2v) is 6.62. The number of aromatic nitrogens is 4. The highest BCUT2D eigenvalue weighted by Gasteiger charge is 2.17. The normalized spacial score (nSPS) is 10.7. The standard InChI is InChI=1S/C20H20FN5O3/c1-11-5-6-15(21)9-16(11)19(28)29-10-18(27)24-17-8-14(4)25-26(17)20-22-12(2)7-13(3)23-20/h5-9H,10H2,1-4H3,(H,24,27). The first-order chi connectivity index (χ1) is 13.7. The van der Waals surface area contributed by atoms with Crippen LogP contribution in [0.1, 0.15) is 33.0 Å². The lowest BCUT2D eigenvalue weighted by Gasteiger charge is -2.10. The molecule has 0 aliphatic carbocycles. The van der Waals surface area contributed by atoms with E-state index in [1.165, 1.54) is 16.8 Å². The van der Waals surface area contributed by atoms with Crippen molar-refractivity contribution in [3.8, 4) is 5.95 Å². The molecule has 0 fully saturated rings. The Bertz CT molecular complexity index is 1070. The maximum atomic E-state index is 13.3. The zero-order chi connectivity index (χ0) is 21.1. The van der Waals surface area contributed by atoms with Crippen molar-refractivity contribution in [3.63, 3.8) is 0 Å². The first-order valence-corrected chi connectivity index (χ1v) is 8.85. The molecule has 9 heteroatoms. The van der Waals surface area contributed by atoms with Crippen LogP contribution in [0.2, 0.25) is 0 Å². The number of anilines is 1. The van der Waals surface area contributed by atoms with E-state index >= 15 is 0 Å². The highest BCUT2D eigenvalue weighted by Crippen LogP contribution is 2.16. The minimum Gasteiger partial charge on any atom is -0.452 e. The fraction of sp³-hybridized carbons (Fsp3) is 0.250. The lowest BCUT2D eigenvalue weighted by atomic mass is 10.1. The summed E-state index contributed by atoms with van der Waals surface area (Å²) in [6.07, 6.45) is 0. The van der Waals surface area contributed by atoms with E-state index in [2.05, 4.69) is 20.4 Å². The maximum Gasteiger partial charge on any atom is 0.339 e. The number of hydrogen-bond acceptors (Lipinski definition) is 6. The van der Waals surface area contributed by atoms with Gasteiger partial charge in [0.15, 0.2) is 6.61 Å². The number of carbonyl (C=O) groups excluding carboxylic acids is 2. The molecule has 0 aliphatic rings. The van der Waals surface area contributed by atoms with Crippen molar-refractivity contribution in [2.45, 2.75) is 27.7 Å². The summed E-state index contributed by atoms with van der Waals surface area (Å²) < 4.78 is 19.8. The molecule has 0 unspecified atom stereocenters. The average molecular weight is 397 g/mol. The van der Waals surface area contributed by atoms with Crippen molar-refractivity contribution in [1.82, 2.24) is 19.7 Å². The molecule has 1 N–H and O–H groups in total. The Morgan fingerprint density at radius 3 is 2.41 bits per heavy atom. The molecule has 0 saturated carbocycles. The number of nitrogens with one attached hydrogen (secondary N) is 1. The van der Waals surface area contributed by atoms with Crippen molar-refractivity contribution in [1.29, 1.82) is 0 Å². The summed E-state index contributed by atoms with van der Waals surface area (Å²) in [7, 11) is 0. The van der Waals surface area contributed by atoms with E-state index in [1.54, 1.807) is 19.9 Å². The molecule has 1 aromatic carbocycles. The molecule has 0 aliphatic heterocycles. The summed E-state index contributed by atoms with van der Waals surface area (Å²) in [4.78, 5) is 33.1. The average Bonchev–Trinajstić information content (AvgIpc) is 3.01. The van der Waals surface area contributed by atoms with E-state index in [0.717, 1.165) is 17.5 Å². The quantitative estimate of drug-likeness (QED) is 0.665. The van der Waals surface area contributed by atoms with E-state index < -0.39 is 24.3 Å². The molecule has 0 radical (unpaired) electrons. The van der Waals surface area contributed by atoms with Crippen LogP contribution < -0.4 is 5.32 Å². The zero-order valence-electron chi connectivity index (χ0n) is 16.5. The first-order valence-electron chi connectivity index (χ1n) is 8.85. The van der Waals surface area contributed by atoms with Gasteiger partial charge in [0, 0.05) is 17.5 Å². The Balaban J connectivity index is 1.71. The molecule has 29 heavy (non-hydrogen) atoms. The second-order valence-electron chi connectivity index (χ2n) is 6.62. The van der Waals surface area contributed by atoms with Crippen molar-refractivity contribution in [2.24, 2.45) is 0 Å².